The van der Waals surface area contributed by atoms with E-state index in [0.29, 0.717) is 24.0 Å². The molecule has 1 aromatic carbocycles. The molecule has 0 atom stereocenters. The highest BCUT2D eigenvalue weighted by atomic mass is 16.6. The van der Waals surface area contributed by atoms with Crippen LogP contribution >= 0.6 is 0 Å². The normalized spacial score (nSPS) is 14.8. The molecule has 1 aliphatic rings. The molecule has 0 unspecified atom stereocenters. The second-order valence-electron chi connectivity index (χ2n) is 6.55. The Labute approximate surface area is 150 Å². The van der Waals surface area contributed by atoms with Gasteiger partial charge in [0.2, 0.25) is 0 Å². The zero-order valence-electron chi connectivity index (χ0n) is 15.1. The van der Waals surface area contributed by atoms with Crippen LogP contribution in [0, 0.1) is 0 Å². The Bertz CT molecular complexity index is 535. The van der Waals surface area contributed by atoms with Crippen molar-refractivity contribution in [1.82, 2.24) is 5.32 Å². The van der Waals surface area contributed by atoms with Gasteiger partial charge in [-0.3, -0.25) is 4.79 Å². The zero-order valence-corrected chi connectivity index (χ0v) is 15.1. The highest BCUT2D eigenvalue weighted by Gasteiger charge is 2.16. The average Bonchev–Trinajstić information content (AvgIpc) is 2.65. The van der Waals surface area contributed by atoms with Gasteiger partial charge in [0.15, 0.2) is 6.61 Å². The predicted molar refractivity (Wildman–Crippen MR) is 96.8 cm³/mol. The maximum absolute atomic E-state index is 12.2. The molecule has 0 bridgehead atoms. The van der Waals surface area contributed by atoms with Crippen molar-refractivity contribution >= 4 is 11.9 Å². The molecule has 0 aromatic heterocycles. The molecule has 1 N–H and O–H groups in total. The van der Waals surface area contributed by atoms with Crippen LogP contribution in [0.4, 0.5) is 0 Å². The quantitative estimate of drug-likeness (QED) is 0.544. The first-order chi connectivity index (χ1) is 12.2. The van der Waals surface area contributed by atoms with Crippen molar-refractivity contribution in [1.29, 1.82) is 0 Å². The SMILES string of the molecule is CCCCCOC(=O)COc1ccc(C(=O)NC2CCCCC2)cc1. The fourth-order valence-corrected chi connectivity index (χ4v) is 2.94. The summed E-state index contributed by atoms with van der Waals surface area (Å²) in [6, 6.07) is 7.15. The molecular weight excluding hydrogens is 318 g/mol. The number of carbonyl (C=O) groups excluding carboxylic acids is 2. The summed E-state index contributed by atoms with van der Waals surface area (Å²) in [4.78, 5) is 23.8. The van der Waals surface area contributed by atoms with Gasteiger partial charge in [-0.15, -0.1) is 0 Å². The maximum Gasteiger partial charge on any atom is 0.344 e. The molecule has 2 rings (SSSR count). The number of amides is 1. The molecule has 1 aliphatic carbocycles. The van der Waals surface area contributed by atoms with Crippen molar-refractivity contribution in [2.24, 2.45) is 0 Å². The van der Waals surface area contributed by atoms with Crippen LogP contribution in [0.3, 0.4) is 0 Å². The maximum atomic E-state index is 12.2. The molecule has 0 aliphatic heterocycles. The van der Waals surface area contributed by atoms with Crippen LogP contribution in [0.25, 0.3) is 0 Å². The van der Waals surface area contributed by atoms with Crippen molar-refractivity contribution in [2.75, 3.05) is 13.2 Å². The summed E-state index contributed by atoms with van der Waals surface area (Å²) in [5.41, 5.74) is 0.611. The Morgan fingerprint density at radius 1 is 1.08 bits per heavy atom. The van der Waals surface area contributed by atoms with Crippen LogP contribution in [0.2, 0.25) is 0 Å². The summed E-state index contributed by atoms with van der Waals surface area (Å²) in [5, 5.41) is 3.08. The molecule has 25 heavy (non-hydrogen) atoms. The molecule has 0 radical (unpaired) electrons. The Kier molecular flexibility index (Phi) is 8.29. The Balaban J connectivity index is 1.71. The summed E-state index contributed by atoms with van der Waals surface area (Å²) in [6.07, 6.45) is 8.79. The van der Waals surface area contributed by atoms with Gasteiger partial charge < -0.3 is 14.8 Å². The second-order valence-corrected chi connectivity index (χ2v) is 6.55. The van der Waals surface area contributed by atoms with E-state index in [9.17, 15) is 9.59 Å². The van der Waals surface area contributed by atoms with E-state index < -0.39 is 0 Å². The molecule has 138 valence electrons. The summed E-state index contributed by atoms with van der Waals surface area (Å²) >= 11 is 0. The van der Waals surface area contributed by atoms with Crippen LogP contribution in [-0.2, 0) is 9.53 Å². The lowest BCUT2D eigenvalue weighted by Gasteiger charge is -2.22. The Morgan fingerprint density at radius 2 is 1.80 bits per heavy atom. The van der Waals surface area contributed by atoms with Gasteiger partial charge in [-0.2, -0.15) is 0 Å². The standard InChI is InChI=1S/C20H29NO4/c1-2-3-7-14-24-19(22)15-25-18-12-10-16(11-13-18)20(23)21-17-8-5-4-6-9-17/h10-13,17H,2-9,14-15H2,1H3,(H,21,23). The Morgan fingerprint density at radius 3 is 2.48 bits per heavy atom. The fourth-order valence-electron chi connectivity index (χ4n) is 2.94. The molecule has 0 heterocycles. The van der Waals surface area contributed by atoms with Crippen molar-refractivity contribution in [3.63, 3.8) is 0 Å². The minimum atomic E-state index is -0.366. The summed E-state index contributed by atoms with van der Waals surface area (Å²) in [6.45, 7) is 2.43. The molecule has 1 amide bonds. The lowest BCUT2D eigenvalue weighted by atomic mass is 9.95. The molecule has 1 aromatic rings. The monoisotopic (exact) mass is 347 g/mol. The van der Waals surface area contributed by atoms with E-state index in [1.54, 1.807) is 24.3 Å². The van der Waals surface area contributed by atoms with Gasteiger partial charge in [0, 0.05) is 11.6 Å². The number of unbranched alkanes of at least 4 members (excludes halogenated alkanes) is 2. The summed E-state index contributed by atoms with van der Waals surface area (Å²) < 4.78 is 10.5. The largest absolute Gasteiger partial charge is 0.482 e. The van der Waals surface area contributed by atoms with Gasteiger partial charge in [-0.1, -0.05) is 39.0 Å². The first kappa shape index (κ1) is 19.3. The van der Waals surface area contributed by atoms with E-state index in [2.05, 4.69) is 12.2 Å². The van der Waals surface area contributed by atoms with E-state index >= 15 is 0 Å². The van der Waals surface area contributed by atoms with Crippen molar-refractivity contribution in [3.8, 4) is 5.75 Å². The predicted octanol–water partition coefficient (Wildman–Crippen LogP) is 3.86. The molecule has 0 saturated heterocycles. The van der Waals surface area contributed by atoms with Gasteiger partial charge in [-0.05, 0) is 43.5 Å². The third kappa shape index (κ3) is 7.16. The zero-order chi connectivity index (χ0) is 17.9. The molecule has 0 spiro atoms. The topological polar surface area (TPSA) is 64.6 Å². The van der Waals surface area contributed by atoms with E-state index in [4.69, 9.17) is 9.47 Å². The molecule has 1 saturated carbocycles. The lowest BCUT2D eigenvalue weighted by molar-refractivity contribution is -0.146. The van der Waals surface area contributed by atoms with Crippen LogP contribution in [0.15, 0.2) is 24.3 Å². The van der Waals surface area contributed by atoms with Crippen molar-refractivity contribution < 1.29 is 19.1 Å². The number of nitrogens with one attached hydrogen (secondary N) is 1. The van der Waals surface area contributed by atoms with Gasteiger partial charge in [0.1, 0.15) is 5.75 Å². The first-order valence-corrected chi connectivity index (χ1v) is 9.38. The number of hydrogen-bond donors (Lipinski definition) is 1. The van der Waals surface area contributed by atoms with E-state index in [0.717, 1.165) is 32.1 Å². The Hall–Kier alpha value is -2.04. The number of benzene rings is 1. The van der Waals surface area contributed by atoms with Crippen LogP contribution < -0.4 is 10.1 Å². The van der Waals surface area contributed by atoms with Gasteiger partial charge in [-0.25, -0.2) is 4.79 Å². The van der Waals surface area contributed by atoms with Crippen LogP contribution in [0.5, 0.6) is 5.75 Å². The number of rotatable bonds is 9. The average molecular weight is 347 g/mol. The second kappa shape index (κ2) is 10.7. The molecule has 5 heteroatoms. The summed E-state index contributed by atoms with van der Waals surface area (Å²) in [7, 11) is 0. The van der Waals surface area contributed by atoms with Gasteiger partial charge in [0.25, 0.3) is 5.91 Å². The van der Waals surface area contributed by atoms with E-state index in [1.165, 1.54) is 19.3 Å². The highest BCUT2D eigenvalue weighted by Crippen LogP contribution is 2.18. The number of ether oxygens (including phenoxy) is 2. The van der Waals surface area contributed by atoms with Gasteiger partial charge >= 0.3 is 5.97 Å². The highest BCUT2D eigenvalue weighted by molar-refractivity contribution is 5.94. The number of esters is 1. The minimum absolute atomic E-state index is 0.0474. The van der Waals surface area contributed by atoms with Crippen molar-refractivity contribution in [2.45, 2.75) is 64.3 Å². The third-order valence-corrected chi connectivity index (χ3v) is 4.42. The van der Waals surface area contributed by atoms with Crippen LogP contribution in [0.1, 0.15) is 68.6 Å². The summed E-state index contributed by atoms with van der Waals surface area (Å²) in [5.74, 6) is 0.142. The third-order valence-electron chi connectivity index (χ3n) is 4.42. The molecular formula is C20H29NO4. The smallest absolute Gasteiger partial charge is 0.344 e. The first-order valence-electron chi connectivity index (χ1n) is 9.38. The minimum Gasteiger partial charge on any atom is -0.482 e. The lowest BCUT2D eigenvalue weighted by Crippen LogP contribution is -2.36. The van der Waals surface area contributed by atoms with E-state index in [1.807, 2.05) is 0 Å². The van der Waals surface area contributed by atoms with Crippen molar-refractivity contribution in [3.05, 3.63) is 29.8 Å². The fraction of sp³-hybridized carbons (Fsp3) is 0.600. The van der Waals surface area contributed by atoms with Gasteiger partial charge in [0.05, 0.1) is 6.61 Å². The van der Waals surface area contributed by atoms with Crippen LogP contribution in [-0.4, -0.2) is 31.1 Å². The number of hydrogen-bond acceptors (Lipinski definition) is 4. The number of carbonyl (C=O) groups is 2. The van der Waals surface area contributed by atoms with E-state index in [-0.39, 0.29) is 18.5 Å². The molecule has 5 nitrogen and oxygen atoms in total. The molecule has 1 fully saturated rings.